The number of aliphatic carboxylic acids is 1. The van der Waals surface area contributed by atoms with Crippen molar-refractivity contribution in [3.8, 4) is 5.75 Å². The largest absolute Gasteiger partial charge is 0.493 e. The number of benzene rings is 1. The Balaban J connectivity index is 1.55. The molecule has 3 unspecified atom stereocenters. The molecule has 2 amide bonds. The number of amides is 2. The van der Waals surface area contributed by atoms with Crippen LogP contribution in [0.25, 0.3) is 0 Å². The summed E-state index contributed by atoms with van der Waals surface area (Å²) in [6, 6.07) is 5.74. The van der Waals surface area contributed by atoms with E-state index in [2.05, 4.69) is 22.8 Å². The fourth-order valence-corrected chi connectivity index (χ4v) is 6.42. The minimum Gasteiger partial charge on any atom is -0.493 e. The fraction of sp³-hybridized carbons (Fsp3) is 0.700. The van der Waals surface area contributed by atoms with E-state index in [9.17, 15) is 19.5 Å². The highest BCUT2D eigenvalue weighted by atomic mass is 16.5. The van der Waals surface area contributed by atoms with Crippen molar-refractivity contribution in [2.45, 2.75) is 63.8 Å². The number of carboxylic acid groups (broad SMARTS) is 1. The second-order valence-electron chi connectivity index (χ2n) is 11.6. The van der Waals surface area contributed by atoms with Gasteiger partial charge in [0, 0.05) is 57.5 Å². The number of carboxylic acids is 1. The number of carbonyl (C=O) groups excluding carboxylic acids is 2. The Morgan fingerprint density at radius 2 is 1.92 bits per heavy atom. The summed E-state index contributed by atoms with van der Waals surface area (Å²) in [5.41, 5.74) is 2.12. The molecule has 39 heavy (non-hydrogen) atoms. The molecule has 0 spiro atoms. The van der Waals surface area contributed by atoms with E-state index >= 15 is 0 Å². The summed E-state index contributed by atoms with van der Waals surface area (Å²) in [6.07, 6.45) is 5.67. The van der Waals surface area contributed by atoms with E-state index in [-0.39, 0.29) is 30.3 Å². The number of fused-ring (bicyclic) bond motifs is 1. The fourth-order valence-electron chi connectivity index (χ4n) is 6.42. The lowest BCUT2D eigenvalue weighted by Crippen LogP contribution is -2.46. The topological polar surface area (TPSA) is 93.6 Å². The van der Waals surface area contributed by atoms with Gasteiger partial charge in [0.25, 0.3) is 0 Å². The SMILES string of the molecule is CCCCN(CCCN(C)C)C(=O)CN1CC(c2ccc3c(c2)CCO3)C(C(=O)O)C1CCN1CCCC1=O. The van der Waals surface area contributed by atoms with Crippen molar-refractivity contribution in [1.82, 2.24) is 19.6 Å². The molecular formula is C30H46N4O5. The minimum atomic E-state index is -0.835. The first-order chi connectivity index (χ1) is 18.8. The lowest BCUT2D eigenvalue weighted by atomic mass is 9.83. The molecule has 3 aliphatic rings. The van der Waals surface area contributed by atoms with Gasteiger partial charge in [0.2, 0.25) is 11.8 Å². The average molecular weight is 543 g/mol. The van der Waals surface area contributed by atoms with E-state index in [0.29, 0.717) is 39.1 Å². The van der Waals surface area contributed by atoms with Crippen LogP contribution in [0.15, 0.2) is 18.2 Å². The van der Waals surface area contributed by atoms with Gasteiger partial charge in [-0.3, -0.25) is 19.3 Å². The van der Waals surface area contributed by atoms with E-state index in [1.165, 1.54) is 0 Å². The van der Waals surface area contributed by atoms with E-state index in [0.717, 1.165) is 68.6 Å². The minimum absolute atomic E-state index is 0.0663. The van der Waals surface area contributed by atoms with Gasteiger partial charge in [0.1, 0.15) is 5.75 Å². The number of likely N-dealkylation sites (tertiary alicyclic amines) is 2. The number of hydrogen-bond donors (Lipinski definition) is 1. The smallest absolute Gasteiger partial charge is 0.308 e. The van der Waals surface area contributed by atoms with Crippen molar-refractivity contribution in [3.63, 3.8) is 0 Å². The molecule has 3 heterocycles. The summed E-state index contributed by atoms with van der Waals surface area (Å²) >= 11 is 0. The zero-order chi connectivity index (χ0) is 27.9. The standard InChI is InChI=1S/C30H46N4O5/c1-4-5-14-32(16-7-13-31(2)3)28(36)21-34-20-24(22-9-10-26-23(19-22)12-18-39-26)29(30(37)38)25(34)11-17-33-15-6-8-27(33)35/h9-10,19,24-25,29H,4-8,11-18,20-21H2,1-3H3,(H,37,38). The number of rotatable bonds is 14. The quantitative estimate of drug-likeness (QED) is 0.386. The number of ether oxygens (including phenoxy) is 1. The molecule has 0 radical (unpaired) electrons. The van der Waals surface area contributed by atoms with Crippen LogP contribution in [0.5, 0.6) is 5.75 Å². The maximum absolute atomic E-state index is 13.7. The first-order valence-corrected chi connectivity index (χ1v) is 14.7. The van der Waals surface area contributed by atoms with Crippen molar-refractivity contribution < 1.29 is 24.2 Å². The van der Waals surface area contributed by atoms with Gasteiger partial charge < -0.3 is 24.5 Å². The number of carbonyl (C=O) groups is 3. The Hall–Kier alpha value is -2.65. The Bertz CT molecular complexity index is 1020. The maximum atomic E-state index is 13.7. The molecule has 0 bridgehead atoms. The normalized spacial score (nSPS) is 22.9. The lowest BCUT2D eigenvalue weighted by molar-refractivity contribution is -0.144. The predicted octanol–water partition coefficient (Wildman–Crippen LogP) is 2.68. The van der Waals surface area contributed by atoms with Crippen molar-refractivity contribution >= 4 is 17.8 Å². The van der Waals surface area contributed by atoms with Gasteiger partial charge in [0.05, 0.1) is 19.1 Å². The van der Waals surface area contributed by atoms with E-state index in [4.69, 9.17) is 4.74 Å². The van der Waals surface area contributed by atoms with Gasteiger partial charge in [-0.2, -0.15) is 0 Å². The molecule has 9 heteroatoms. The monoisotopic (exact) mass is 542 g/mol. The summed E-state index contributed by atoms with van der Waals surface area (Å²) in [7, 11) is 4.07. The molecule has 1 aromatic rings. The van der Waals surface area contributed by atoms with Gasteiger partial charge in [-0.25, -0.2) is 0 Å². The van der Waals surface area contributed by atoms with E-state index < -0.39 is 11.9 Å². The summed E-state index contributed by atoms with van der Waals surface area (Å²) in [6.45, 7) is 7.10. The molecule has 4 rings (SSSR count). The molecule has 0 aliphatic carbocycles. The number of hydrogen-bond acceptors (Lipinski definition) is 6. The molecule has 2 saturated heterocycles. The summed E-state index contributed by atoms with van der Waals surface area (Å²) in [4.78, 5) is 46.8. The number of unbranched alkanes of at least 4 members (excludes halogenated alkanes) is 1. The Labute approximate surface area is 233 Å². The first kappa shape index (κ1) is 29.3. The molecule has 1 N–H and O–H groups in total. The summed E-state index contributed by atoms with van der Waals surface area (Å²) < 4.78 is 5.68. The van der Waals surface area contributed by atoms with Crippen molar-refractivity contribution in [3.05, 3.63) is 29.3 Å². The molecule has 1 aromatic carbocycles. The third-order valence-corrected chi connectivity index (χ3v) is 8.55. The van der Waals surface area contributed by atoms with Crippen LogP contribution in [-0.2, 0) is 20.8 Å². The molecule has 216 valence electrons. The van der Waals surface area contributed by atoms with Gasteiger partial charge in [0.15, 0.2) is 0 Å². The van der Waals surface area contributed by atoms with Crippen LogP contribution in [0.2, 0.25) is 0 Å². The highest BCUT2D eigenvalue weighted by molar-refractivity contribution is 5.79. The summed E-state index contributed by atoms with van der Waals surface area (Å²) in [5.74, 6) is -0.616. The van der Waals surface area contributed by atoms with Gasteiger partial charge in [-0.15, -0.1) is 0 Å². The van der Waals surface area contributed by atoms with Gasteiger partial charge in [-0.05, 0) is 63.5 Å². The maximum Gasteiger partial charge on any atom is 0.308 e. The Kier molecular flexibility index (Phi) is 10.2. The van der Waals surface area contributed by atoms with Crippen LogP contribution >= 0.6 is 0 Å². The van der Waals surface area contributed by atoms with Crippen LogP contribution in [-0.4, -0.2) is 115 Å². The summed E-state index contributed by atoms with van der Waals surface area (Å²) in [5, 5.41) is 10.5. The van der Waals surface area contributed by atoms with E-state index in [1.807, 2.05) is 36.0 Å². The van der Waals surface area contributed by atoms with Crippen LogP contribution < -0.4 is 4.74 Å². The molecular weight excluding hydrogens is 496 g/mol. The van der Waals surface area contributed by atoms with Crippen molar-refractivity contribution in [1.29, 1.82) is 0 Å². The zero-order valence-corrected chi connectivity index (χ0v) is 23.9. The molecule has 3 aliphatic heterocycles. The average Bonchev–Trinajstić information content (AvgIpc) is 3.62. The predicted molar refractivity (Wildman–Crippen MR) is 150 cm³/mol. The molecule has 0 saturated carbocycles. The zero-order valence-electron chi connectivity index (χ0n) is 23.9. The third-order valence-electron chi connectivity index (χ3n) is 8.55. The van der Waals surface area contributed by atoms with Crippen LogP contribution in [0.4, 0.5) is 0 Å². The van der Waals surface area contributed by atoms with Crippen molar-refractivity contribution in [2.75, 3.05) is 66.5 Å². The van der Waals surface area contributed by atoms with Crippen LogP contribution in [0.1, 0.15) is 62.5 Å². The highest BCUT2D eigenvalue weighted by Gasteiger charge is 2.47. The van der Waals surface area contributed by atoms with Crippen LogP contribution in [0, 0.1) is 5.92 Å². The third kappa shape index (κ3) is 7.31. The van der Waals surface area contributed by atoms with Crippen molar-refractivity contribution in [2.24, 2.45) is 5.92 Å². The van der Waals surface area contributed by atoms with E-state index in [1.54, 1.807) is 0 Å². The highest BCUT2D eigenvalue weighted by Crippen LogP contribution is 2.41. The first-order valence-electron chi connectivity index (χ1n) is 14.7. The van der Waals surface area contributed by atoms with Gasteiger partial charge in [-0.1, -0.05) is 25.5 Å². The molecule has 3 atom stereocenters. The van der Waals surface area contributed by atoms with Crippen LogP contribution in [0.3, 0.4) is 0 Å². The number of nitrogens with zero attached hydrogens (tertiary/aromatic N) is 4. The second kappa shape index (κ2) is 13.6. The molecule has 9 nitrogen and oxygen atoms in total. The Morgan fingerprint density at radius 3 is 2.62 bits per heavy atom. The molecule has 2 fully saturated rings. The molecule has 0 aromatic heterocycles. The second-order valence-corrected chi connectivity index (χ2v) is 11.6. The lowest BCUT2D eigenvalue weighted by Gasteiger charge is -2.31. The van der Waals surface area contributed by atoms with Gasteiger partial charge >= 0.3 is 5.97 Å². The Morgan fingerprint density at radius 1 is 1.13 bits per heavy atom.